The smallest absolute Gasteiger partial charge is 0.652 e. The number of hydrogen-bond donors (Lipinski definition) is 0. The zero-order valence-corrected chi connectivity index (χ0v) is 22.7. The van der Waals surface area contributed by atoms with Crippen molar-refractivity contribution in [3.8, 4) is 0 Å². The number of aryl methyl sites for hydroxylation is 1. The summed E-state index contributed by atoms with van der Waals surface area (Å²) in [6.07, 6.45) is -0.704. The van der Waals surface area contributed by atoms with Crippen LogP contribution in [-0.2, 0) is 19.6 Å². The molecule has 0 saturated heterocycles. The predicted octanol–water partition coefficient (Wildman–Crippen LogP) is -6.99. The molecule has 138 valence electrons. The number of carboxylic acid groups (broad SMARTS) is 2. The van der Waals surface area contributed by atoms with Gasteiger partial charge in [-0.1, -0.05) is 30.3 Å². The van der Waals surface area contributed by atoms with E-state index in [2.05, 4.69) is 4.98 Å². The fourth-order valence-corrected chi connectivity index (χ4v) is 2.70. The van der Waals surface area contributed by atoms with Crippen molar-refractivity contribution in [2.24, 2.45) is 0 Å². The largest absolute Gasteiger partial charge is 1.00 e. The van der Waals surface area contributed by atoms with Crippen LogP contribution in [-0.4, -0.2) is 24.8 Å². The number of rotatable bonds is 4. The van der Waals surface area contributed by atoms with Gasteiger partial charge in [0.25, 0.3) is 5.56 Å². The quantitative estimate of drug-likeness (QED) is 0.374. The van der Waals surface area contributed by atoms with E-state index in [-0.39, 0.29) is 114 Å². The maximum atomic E-state index is 12.6. The third-order valence-corrected chi connectivity index (χ3v) is 3.81. The molecule has 0 unspecified atom stereocenters. The molecule has 0 fully saturated rings. The third-order valence-electron chi connectivity index (χ3n) is 3.81. The molecule has 0 aliphatic carbocycles. The van der Waals surface area contributed by atoms with Gasteiger partial charge < -0.3 is 19.6 Å². The molecule has 2 heterocycles. The summed E-state index contributed by atoms with van der Waals surface area (Å²) in [6.45, 7) is 5.06. The van der Waals surface area contributed by atoms with Crippen molar-refractivity contribution in [2.45, 2.75) is 33.5 Å². The molecule has 1 aromatic carbocycles. The maximum absolute atomic E-state index is 12.6. The summed E-state index contributed by atoms with van der Waals surface area (Å²) in [5.74, 6) is 0. The second-order valence-electron chi connectivity index (χ2n) is 5.36. The van der Waals surface area contributed by atoms with E-state index in [1.807, 2.05) is 41.8 Å². The number of hydrogen-bond acceptors (Lipinski definition) is 6. The summed E-state index contributed by atoms with van der Waals surface area (Å²) in [5, 5.41) is 16.7. The number of nitrogens with zero attached hydrogens (tertiary/aromatic N) is 4. The normalized spacial score (nSPS) is 9.64. The van der Waals surface area contributed by atoms with Crippen molar-refractivity contribution in [1.29, 1.82) is 0 Å². The molecule has 0 atom stereocenters. The summed E-state index contributed by atoms with van der Waals surface area (Å²) in [6, 6.07) is 9.87. The predicted molar refractivity (Wildman–Crippen MR) is 90.5 cm³/mol. The van der Waals surface area contributed by atoms with Gasteiger partial charge in [0.1, 0.15) is 0 Å². The minimum Gasteiger partial charge on any atom is -0.652 e. The molecule has 0 spiro atoms. The second-order valence-corrected chi connectivity index (χ2v) is 5.36. The van der Waals surface area contributed by atoms with Crippen LogP contribution in [0.1, 0.15) is 19.4 Å². The van der Waals surface area contributed by atoms with Gasteiger partial charge in [0, 0.05) is 19.6 Å². The van der Waals surface area contributed by atoms with Crippen molar-refractivity contribution in [3.63, 3.8) is 0 Å². The van der Waals surface area contributed by atoms with E-state index >= 15 is 0 Å². The minimum absolute atomic E-state index is 0. The molecule has 9 nitrogen and oxygen atoms in total. The van der Waals surface area contributed by atoms with E-state index in [1.165, 1.54) is 4.57 Å². The number of fused-ring (bicyclic) bond motifs is 1. The number of carbonyl (C=O) groups excluding carboxylic acids is 1. The first kappa shape index (κ1) is 27.9. The van der Waals surface area contributed by atoms with E-state index in [1.54, 1.807) is 17.8 Å². The third kappa shape index (κ3) is 6.72. The van der Waals surface area contributed by atoms with Crippen molar-refractivity contribution in [1.82, 2.24) is 18.7 Å². The molecular weight excluding hydrogens is 418 g/mol. The Kier molecular flexibility index (Phi) is 13.2. The Morgan fingerprint density at radius 3 is 2.04 bits per heavy atom. The van der Waals surface area contributed by atoms with Gasteiger partial charge in [-0.15, -0.1) is 0 Å². The summed E-state index contributed by atoms with van der Waals surface area (Å²) in [4.78, 5) is 37.5. The first-order valence-electron chi connectivity index (χ1n) is 8.01. The van der Waals surface area contributed by atoms with Crippen LogP contribution in [0.15, 0.2) is 46.2 Å². The molecular formula is C17H18K2N4O5. The number of aromatic nitrogens is 4. The molecule has 0 saturated carbocycles. The van der Waals surface area contributed by atoms with Crippen molar-refractivity contribution in [2.75, 3.05) is 0 Å². The van der Waals surface area contributed by atoms with Crippen LogP contribution in [0, 0.1) is 0 Å². The van der Waals surface area contributed by atoms with Gasteiger partial charge in [-0.2, -0.15) is 0 Å². The Morgan fingerprint density at radius 2 is 1.54 bits per heavy atom. The van der Waals surface area contributed by atoms with E-state index in [4.69, 9.17) is 15.0 Å². The first-order chi connectivity index (χ1) is 12.4. The van der Waals surface area contributed by atoms with E-state index < -0.39 is 6.16 Å². The molecule has 0 N–H and O–H groups in total. The average Bonchev–Trinajstić information content (AvgIpc) is 3.00. The minimum atomic E-state index is -2.33. The molecule has 28 heavy (non-hydrogen) atoms. The zero-order valence-electron chi connectivity index (χ0n) is 16.4. The monoisotopic (exact) mass is 436 g/mol. The summed E-state index contributed by atoms with van der Waals surface area (Å²) in [5.41, 5.74) is 1.44. The average molecular weight is 437 g/mol. The van der Waals surface area contributed by atoms with E-state index in [0.717, 1.165) is 5.56 Å². The molecule has 0 aliphatic heterocycles. The molecule has 0 aliphatic rings. The van der Waals surface area contributed by atoms with Gasteiger partial charge in [-0.3, -0.25) is 13.9 Å². The Balaban J connectivity index is 0.00000111. The van der Waals surface area contributed by atoms with Gasteiger partial charge in [0.15, 0.2) is 11.2 Å². The van der Waals surface area contributed by atoms with E-state index in [9.17, 15) is 9.59 Å². The van der Waals surface area contributed by atoms with Crippen molar-refractivity contribution in [3.05, 3.63) is 63.1 Å². The summed E-state index contributed by atoms with van der Waals surface area (Å²) < 4.78 is 4.61. The molecule has 11 heteroatoms. The van der Waals surface area contributed by atoms with Gasteiger partial charge in [-0.25, -0.2) is 9.78 Å². The molecule has 0 bridgehead atoms. The molecule has 0 radical (unpaired) electrons. The van der Waals surface area contributed by atoms with Crippen molar-refractivity contribution < 1.29 is 118 Å². The molecule has 3 rings (SSSR count). The van der Waals surface area contributed by atoms with Crippen LogP contribution in [0.4, 0.5) is 4.79 Å². The molecule has 3 aromatic rings. The first-order valence-corrected chi connectivity index (χ1v) is 8.01. The van der Waals surface area contributed by atoms with Crippen LogP contribution in [0.2, 0.25) is 0 Å². The maximum Gasteiger partial charge on any atom is 1.00 e. The fourth-order valence-electron chi connectivity index (χ4n) is 2.70. The fraction of sp³-hybridized carbons (Fsp3) is 0.294. The summed E-state index contributed by atoms with van der Waals surface area (Å²) in [7, 11) is 0. The number of imidazole rings is 1. The van der Waals surface area contributed by atoms with Gasteiger partial charge in [0.05, 0.1) is 6.33 Å². The van der Waals surface area contributed by atoms with Crippen LogP contribution in [0.5, 0.6) is 0 Å². The Labute approximate surface area is 246 Å². The van der Waals surface area contributed by atoms with Crippen LogP contribution < -0.4 is 124 Å². The topological polar surface area (TPSA) is 125 Å². The van der Waals surface area contributed by atoms with Gasteiger partial charge in [0.2, 0.25) is 0 Å². The van der Waals surface area contributed by atoms with Crippen LogP contribution >= 0.6 is 0 Å². The van der Waals surface area contributed by atoms with Gasteiger partial charge >= 0.3 is 108 Å². The summed E-state index contributed by atoms with van der Waals surface area (Å²) >= 11 is 0. The van der Waals surface area contributed by atoms with Crippen LogP contribution in [0.25, 0.3) is 11.2 Å². The Hall–Kier alpha value is -0.0873. The Morgan fingerprint density at radius 1 is 1.00 bits per heavy atom. The standard InChI is InChI=1S/C16H18N4O2.CH2O3.2K/c1-3-19-14-13(15(21)20(4-2)16(19)22)18(11-17-14)10-12-8-6-5-7-9-12;2-1(3)4;;/h5-9,11H,3-4,10H2,1-2H3;(H2,2,3,4);;/q;;2*+1/p-2. The van der Waals surface area contributed by atoms with Crippen LogP contribution in [0.3, 0.4) is 0 Å². The molecule has 2 aromatic heterocycles. The van der Waals surface area contributed by atoms with E-state index in [0.29, 0.717) is 30.8 Å². The second kappa shape index (κ2) is 13.3. The Bertz CT molecular complexity index is 1020. The SMILES string of the molecule is CCn1c(=O)c2c(ncn2Cc2ccccc2)n(CC)c1=O.O=C([O-])[O-].[K+].[K+]. The number of benzene rings is 1. The van der Waals surface area contributed by atoms with Gasteiger partial charge in [-0.05, 0) is 25.6 Å². The number of carbonyl (C=O) groups is 1. The molecule has 0 amide bonds. The van der Waals surface area contributed by atoms with Crippen molar-refractivity contribution >= 4 is 17.3 Å². The zero-order chi connectivity index (χ0) is 19.3.